The average molecular weight is 672 g/mol. The molecule has 0 unspecified atom stereocenters. The SMILES string of the molecule is Cl.Cl.c1ccc([C](c2ccccc2)=[Hf]([c]2ccc3cccccc2-3)[c]2ccc3cccccc2-3)cc1. The molecule has 0 atom stereocenters. The molecule has 0 bridgehead atoms. The van der Waals surface area contributed by atoms with Crippen molar-refractivity contribution in [1.82, 2.24) is 0 Å². The van der Waals surface area contributed by atoms with Crippen LogP contribution in [-0.2, 0) is 21.0 Å². The summed E-state index contributed by atoms with van der Waals surface area (Å²) in [4.78, 5) is 0. The molecule has 0 saturated heterocycles. The van der Waals surface area contributed by atoms with E-state index in [9.17, 15) is 0 Å². The first-order valence-corrected chi connectivity index (χ1v) is 17.1. The van der Waals surface area contributed by atoms with Crippen LogP contribution < -0.4 is 6.64 Å². The molecular weight excluding hydrogens is 646 g/mol. The zero-order valence-corrected chi connectivity index (χ0v) is 24.9. The summed E-state index contributed by atoms with van der Waals surface area (Å²) in [6, 6.07) is 53.6. The van der Waals surface area contributed by atoms with E-state index in [2.05, 4.69) is 146 Å². The van der Waals surface area contributed by atoms with Gasteiger partial charge in [0.15, 0.2) is 0 Å². The Bertz CT molecular complexity index is 1420. The molecule has 0 amide bonds. The summed E-state index contributed by atoms with van der Waals surface area (Å²) in [6.07, 6.45) is 0. The summed E-state index contributed by atoms with van der Waals surface area (Å²) in [7, 11) is 0. The van der Waals surface area contributed by atoms with E-state index in [1.54, 1.807) is 9.90 Å². The van der Waals surface area contributed by atoms with E-state index in [1.807, 2.05) is 0 Å². The third-order valence-electron chi connectivity index (χ3n) is 6.50. The van der Waals surface area contributed by atoms with E-state index < -0.39 is 21.0 Å². The van der Waals surface area contributed by atoms with Crippen molar-refractivity contribution in [2.45, 2.75) is 0 Å². The molecule has 0 saturated carbocycles. The molecule has 0 radical (unpaired) electrons. The number of fused-ring (bicyclic) bond motifs is 2. The van der Waals surface area contributed by atoms with Crippen LogP contribution in [0, 0.1) is 0 Å². The van der Waals surface area contributed by atoms with E-state index in [1.165, 1.54) is 33.4 Å². The minimum atomic E-state index is -2.92. The molecule has 2 aromatic carbocycles. The van der Waals surface area contributed by atoms with Crippen molar-refractivity contribution < 1.29 is 21.0 Å². The molecule has 0 aromatic heterocycles. The number of halogens is 2. The molecule has 0 aliphatic heterocycles. The molecule has 0 fully saturated rings. The van der Waals surface area contributed by atoms with Crippen LogP contribution in [-0.4, -0.2) is 3.26 Å². The fraction of sp³-hybridized carbons (Fsp3) is 0. The summed E-state index contributed by atoms with van der Waals surface area (Å²) >= 11 is -2.92. The van der Waals surface area contributed by atoms with E-state index >= 15 is 0 Å². The van der Waals surface area contributed by atoms with Crippen LogP contribution in [0.1, 0.15) is 11.1 Å². The molecule has 0 spiro atoms. The molecular formula is C33H26Cl2Hf. The number of rotatable bonds is 4. The summed E-state index contributed by atoms with van der Waals surface area (Å²) in [5.74, 6) is 0. The van der Waals surface area contributed by atoms with E-state index in [4.69, 9.17) is 0 Å². The van der Waals surface area contributed by atoms with Crippen LogP contribution in [0.4, 0.5) is 0 Å². The van der Waals surface area contributed by atoms with Crippen molar-refractivity contribution in [2.75, 3.05) is 0 Å². The molecule has 176 valence electrons. The summed E-state index contributed by atoms with van der Waals surface area (Å²) in [6.45, 7) is 0. The normalized spacial score (nSPS) is 10.3. The molecule has 0 heterocycles. The zero-order chi connectivity index (χ0) is 22.7. The fourth-order valence-corrected chi connectivity index (χ4v) is 16.6. The Hall–Kier alpha value is -2.84. The van der Waals surface area contributed by atoms with Gasteiger partial charge in [-0.25, -0.2) is 0 Å². The Balaban J connectivity index is 0.00000152. The van der Waals surface area contributed by atoms with Crippen LogP contribution in [0.25, 0.3) is 22.3 Å². The first-order valence-electron chi connectivity index (χ1n) is 11.7. The van der Waals surface area contributed by atoms with Gasteiger partial charge in [0.05, 0.1) is 0 Å². The van der Waals surface area contributed by atoms with Gasteiger partial charge in [-0.15, -0.1) is 24.8 Å². The van der Waals surface area contributed by atoms with Gasteiger partial charge in [0.2, 0.25) is 0 Å². The van der Waals surface area contributed by atoms with E-state index in [-0.39, 0.29) is 24.8 Å². The topological polar surface area (TPSA) is 0 Å². The van der Waals surface area contributed by atoms with Gasteiger partial charge in [-0.1, -0.05) is 0 Å². The second-order valence-electron chi connectivity index (χ2n) is 8.54. The van der Waals surface area contributed by atoms with Crippen LogP contribution in [0.2, 0.25) is 0 Å². The maximum atomic E-state index is 2.42. The molecule has 6 rings (SSSR count). The Morgan fingerprint density at radius 1 is 0.361 bits per heavy atom. The van der Waals surface area contributed by atoms with Crippen molar-refractivity contribution in [1.29, 1.82) is 0 Å². The predicted octanol–water partition coefficient (Wildman–Crippen LogP) is 7.58. The fourth-order valence-electron chi connectivity index (χ4n) is 4.94. The minimum absolute atomic E-state index is 0. The van der Waals surface area contributed by atoms with Crippen LogP contribution in [0.15, 0.2) is 146 Å². The summed E-state index contributed by atoms with van der Waals surface area (Å²) in [5.41, 5.74) is 8.13. The first-order chi connectivity index (χ1) is 16.9. The Kier molecular flexibility index (Phi) is 8.69. The molecule has 0 nitrogen and oxygen atoms in total. The molecule has 4 aliphatic rings. The van der Waals surface area contributed by atoms with Crippen LogP contribution >= 0.6 is 24.8 Å². The van der Waals surface area contributed by atoms with Gasteiger partial charge in [0.1, 0.15) is 0 Å². The standard InChI is InChI=1S/C13H10.2C10H7.2ClH.Hf/c1-3-7-12(8-4-1)11-13-9-5-2-6-10-13;2*1-2-5-9-7-4-8-10(9)6-3-1;;;/h1-10H;2*1-7H;2*1H;. The third-order valence-corrected chi connectivity index (χ3v) is 17.4. The van der Waals surface area contributed by atoms with Crippen molar-refractivity contribution >= 4 is 34.7 Å². The van der Waals surface area contributed by atoms with Crippen molar-refractivity contribution in [3.05, 3.63) is 157 Å². The van der Waals surface area contributed by atoms with E-state index in [0.29, 0.717) is 0 Å². The van der Waals surface area contributed by atoms with Gasteiger partial charge in [-0.05, 0) is 0 Å². The number of hydrogen-bond acceptors (Lipinski definition) is 0. The second-order valence-corrected chi connectivity index (χ2v) is 16.9. The van der Waals surface area contributed by atoms with Crippen molar-refractivity contribution in [3.8, 4) is 22.3 Å². The quantitative estimate of drug-likeness (QED) is 0.170. The van der Waals surface area contributed by atoms with Gasteiger partial charge in [-0.2, -0.15) is 0 Å². The van der Waals surface area contributed by atoms with Gasteiger partial charge in [0.25, 0.3) is 0 Å². The Labute approximate surface area is 233 Å². The molecule has 36 heavy (non-hydrogen) atoms. The van der Waals surface area contributed by atoms with Crippen LogP contribution in [0.5, 0.6) is 0 Å². The van der Waals surface area contributed by atoms with Gasteiger partial charge >= 0.3 is 210 Å². The molecule has 2 aromatic rings. The molecule has 4 aliphatic carbocycles. The molecule has 0 N–H and O–H groups in total. The monoisotopic (exact) mass is 672 g/mol. The zero-order valence-electron chi connectivity index (χ0n) is 19.7. The third kappa shape index (κ3) is 5.02. The summed E-state index contributed by atoms with van der Waals surface area (Å²) in [5, 5.41) is 0. The Morgan fingerprint density at radius 3 is 1.14 bits per heavy atom. The molecule has 3 heteroatoms. The van der Waals surface area contributed by atoms with Gasteiger partial charge in [0, 0.05) is 0 Å². The first kappa shape index (κ1) is 26.2. The summed E-state index contributed by atoms with van der Waals surface area (Å²) < 4.78 is 4.65. The second kappa shape index (κ2) is 11.9. The van der Waals surface area contributed by atoms with Crippen LogP contribution in [0.3, 0.4) is 0 Å². The number of benzene rings is 2. The van der Waals surface area contributed by atoms with Crippen molar-refractivity contribution in [2.24, 2.45) is 0 Å². The number of hydrogen-bond donors (Lipinski definition) is 0. The van der Waals surface area contributed by atoms with Crippen molar-refractivity contribution in [3.63, 3.8) is 0 Å². The van der Waals surface area contributed by atoms with Gasteiger partial charge in [-0.3, -0.25) is 0 Å². The Morgan fingerprint density at radius 2 is 0.722 bits per heavy atom. The van der Waals surface area contributed by atoms with Gasteiger partial charge < -0.3 is 0 Å². The average Bonchev–Trinajstić information content (AvgIpc) is 3.27. The predicted molar refractivity (Wildman–Crippen MR) is 156 cm³/mol. The van der Waals surface area contributed by atoms with E-state index in [0.717, 1.165) is 0 Å². The maximum absolute atomic E-state index is 2.92.